The van der Waals surface area contributed by atoms with Crippen molar-refractivity contribution in [2.45, 2.75) is 55.7 Å². The second kappa shape index (κ2) is 9.91. The van der Waals surface area contributed by atoms with Crippen molar-refractivity contribution in [2.24, 2.45) is 29.6 Å². The SMILES string of the molecule is CCC1=C(C2CCCC3C4C=CC=CC4[CH]([Zr+2]=[Si](C)C)C23)CC=C1.[Cl-].[Cl-]. The van der Waals surface area contributed by atoms with Crippen molar-refractivity contribution in [3.63, 3.8) is 0 Å². The van der Waals surface area contributed by atoms with Crippen molar-refractivity contribution in [1.82, 2.24) is 0 Å². The first-order valence-corrected chi connectivity index (χ1v) is 17.6. The van der Waals surface area contributed by atoms with Crippen LogP contribution in [0.3, 0.4) is 0 Å². The predicted molar refractivity (Wildman–Crippen MR) is 102 cm³/mol. The fraction of sp³-hybridized carbons (Fsp3) is 0.636. The molecule has 141 valence electrons. The van der Waals surface area contributed by atoms with Gasteiger partial charge in [0.15, 0.2) is 0 Å². The number of halogens is 2. The molecule has 0 bridgehead atoms. The zero-order valence-corrected chi connectivity index (χ0v) is 21.2. The Morgan fingerprint density at radius 1 is 1.08 bits per heavy atom. The van der Waals surface area contributed by atoms with Gasteiger partial charge in [-0.2, -0.15) is 0 Å². The number of hydrogen-bond donors (Lipinski definition) is 0. The second-order valence-electron chi connectivity index (χ2n) is 8.38. The first kappa shape index (κ1) is 22.9. The average molecular weight is 486 g/mol. The Hall–Kier alpha value is 0.640. The molecule has 0 nitrogen and oxygen atoms in total. The molecule has 4 rings (SSSR count). The molecule has 0 saturated heterocycles. The summed E-state index contributed by atoms with van der Waals surface area (Å²) < 4.78 is 1.12. The molecule has 0 aromatic carbocycles. The molecule has 4 aliphatic rings. The maximum Gasteiger partial charge on any atom is -1.00 e. The van der Waals surface area contributed by atoms with Crippen molar-refractivity contribution in [3.05, 3.63) is 47.6 Å². The minimum atomic E-state index is -0.238. The van der Waals surface area contributed by atoms with Crippen molar-refractivity contribution in [3.8, 4) is 0 Å². The van der Waals surface area contributed by atoms with Gasteiger partial charge in [-0.05, 0) is 0 Å². The molecule has 0 spiro atoms. The van der Waals surface area contributed by atoms with E-state index in [2.05, 4.69) is 56.5 Å². The van der Waals surface area contributed by atoms with Gasteiger partial charge in [-0.3, -0.25) is 0 Å². The topological polar surface area (TPSA) is 0 Å². The van der Waals surface area contributed by atoms with E-state index in [1.54, 1.807) is 5.57 Å². The summed E-state index contributed by atoms with van der Waals surface area (Å²) in [5, 5.41) is 0. The van der Waals surface area contributed by atoms with E-state index in [9.17, 15) is 0 Å². The number of allylic oxidation sites excluding steroid dienone is 8. The third kappa shape index (κ3) is 4.14. The molecule has 6 atom stereocenters. The molecule has 6 unspecified atom stereocenters. The fourth-order valence-electron chi connectivity index (χ4n) is 6.14. The van der Waals surface area contributed by atoms with Gasteiger partial charge in [-0.1, -0.05) is 0 Å². The third-order valence-corrected chi connectivity index (χ3v) is 16.4. The van der Waals surface area contributed by atoms with Crippen LogP contribution in [0.2, 0.25) is 16.7 Å². The van der Waals surface area contributed by atoms with Crippen LogP contribution < -0.4 is 24.8 Å². The van der Waals surface area contributed by atoms with Crippen LogP contribution in [0.15, 0.2) is 47.6 Å². The quantitative estimate of drug-likeness (QED) is 0.501. The van der Waals surface area contributed by atoms with Crippen molar-refractivity contribution in [2.75, 3.05) is 0 Å². The monoisotopic (exact) mass is 483 g/mol. The molecule has 0 heterocycles. The summed E-state index contributed by atoms with van der Waals surface area (Å²) in [4.78, 5) is 0. The fourth-order valence-corrected chi connectivity index (χ4v) is 16.9. The van der Waals surface area contributed by atoms with Gasteiger partial charge in [0.05, 0.1) is 0 Å². The first-order chi connectivity index (χ1) is 11.7. The van der Waals surface area contributed by atoms with Crippen LogP contribution in [-0.2, 0) is 21.9 Å². The first-order valence-electron chi connectivity index (χ1n) is 10.0. The summed E-state index contributed by atoms with van der Waals surface area (Å²) in [7, 11) is 0. The minimum absolute atomic E-state index is 0. The standard InChI is InChI=1S/C20H25.C2H6Si.2ClH.Zr/c1-2-14-8-5-10-16(14)18-11-6-12-19-17-9-4-3-7-15(17)13-20(18)19;1-3-2;;;/h3-5,7-9,13,15,17-20H,2,6,10-12H2,1H3;1-2H3;2*1H;/q;;;;+2/p-2. The van der Waals surface area contributed by atoms with Crippen LogP contribution in [-0.4, -0.2) is 5.43 Å². The predicted octanol–water partition coefficient (Wildman–Crippen LogP) is 0.188. The molecule has 0 aromatic heterocycles. The maximum absolute atomic E-state index is 2.62. The molecule has 0 aliphatic heterocycles. The number of rotatable bonds is 3. The Bertz CT molecular complexity index is 657. The van der Waals surface area contributed by atoms with E-state index in [1.165, 1.54) is 32.1 Å². The van der Waals surface area contributed by atoms with E-state index < -0.39 is 0 Å². The van der Waals surface area contributed by atoms with E-state index in [-0.39, 0.29) is 52.1 Å². The van der Waals surface area contributed by atoms with Gasteiger partial charge in [-0.25, -0.2) is 0 Å². The Morgan fingerprint density at radius 2 is 1.81 bits per heavy atom. The van der Waals surface area contributed by atoms with Gasteiger partial charge in [0.2, 0.25) is 0 Å². The molecule has 26 heavy (non-hydrogen) atoms. The van der Waals surface area contributed by atoms with Gasteiger partial charge >= 0.3 is 160 Å². The van der Waals surface area contributed by atoms with E-state index in [4.69, 9.17) is 0 Å². The summed E-state index contributed by atoms with van der Waals surface area (Å²) in [6.45, 7) is 7.57. The Morgan fingerprint density at radius 3 is 2.50 bits per heavy atom. The van der Waals surface area contributed by atoms with E-state index in [0.717, 1.165) is 33.2 Å². The zero-order chi connectivity index (χ0) is 16.7. The smallest absolute Gasteiger partial charge is 1.00 e. The molecule has 0 aromatic rings. The van der Waals surface area contributed by atoms with Crippen LogP contribution in [0.25, 0.3) is 0 Å². The summed E-state index contributed by atoms with van der Waals surface area (Å²) in [5.41, 5.74) is 3.56. The van der Waals surface area contributed by atoms with Crippen LogP contribution >= 0.6 is 0 Å². The normalized spacial score (nSPS) is 36.7. The second-order valence-corrected chi connectivity index (χ2v) is 21.8. The zero-order valence-electron chi connectivity index (χ0n) is 16.2. The summed E-state index contributed by atoms with van der Waals surface area (Å²) in [6, 6.07) is 0. The minimum Gasteiger partial charge on any atom is -1.00 e. The van der Waals surface area contributed by atoms with Crippen molar-refractivity contribution >= 4 is 5.43 Å². The Labute approximate surface area is 184 Å². The van der Waals surface area contributed by atoms with E-state index >= 15 is 0 Å². The summed E-state index contributed by atoms with van der Waals surface area (Å²) in [5.74, 6) is 4.75. The van der Waals surface area contributed by atoms with Gasteiger partial charge in [0.1, 0.15) is 0 Å². The van der Waals surface area contributed by atoms with Gasteiger partial charge in [0, 0.05) is 0 Å². The molecule has 4 heteroatoms. The molecule has 4 aliphatic carbocycles. The van der Waals surface area contributed by atoms with Crippen LogP contribution in [0, 0.1) is 29.6 Å². The molecule has 2 saturated carbocycles. The van der Waals surface area contributed by atoms with Crippen molar-refractivity contribution < 1.29 is 46.7 Å². The Balaban J connectivity index is 0.00000121. The number of fused-ring (bicyclic) bond motifs is 3. The average Bonchev–Trinajstić information content (AvgIpc) is 3.18. The molecule has 2 fully saturated rings. The Kier molecular flexibility index (Phi) is 8.73. The maximum atomic E-state index is 2.62. The third-order valence-electron chi connectivity index (χ3n) is 6.91. The van der Waals surface area contributed by atoms with Gasteiger partial charge in [0.25, 0.3) is 0 Å². The number of hydrogen-bond acceptors (Lipinski definition) is 0. The van der Waals surface area contributed by atoms with Crippen LogP contribution in [0.5, 0.6) is 0 Å². The molecule has 0 radical (unpaired) electrons. The van der Waals surface area contributed by atoms with Gasteiger partial charge < -0.3 is 24.8 Å². The molecule has 0 amide bonds. The molecular formula is C22H31Cl2SiZr. The molecule has 0 N–H and O–H groups in total. The van der Waals surface area contributed by atoms with Gasteiger partial charge in [-0.15, -0.1) is 0 Å². The van der Waals surface area contributed by atoms with Crippen molar-refractivity contribution in [1.29, 1.82) is 0 Å². The van der Waals surface area contributed by atoms with E-state index in [1.807, 2.05) is 5.57 Å². The van der Waals surface area contributed by atoms with Crippen LogP contribution in [0.1, 0.15) is 39.0 Å². The van der Waals surface area contributed by atoms with E-state index in [0.29, 0.717) is 0 Å². The van der Waals surface area contributed by atoms with Crippen LogP contribution in [0.4, 0.5) is 0 Å². The summed E-state index contributed by atoms with van der Waals surface area (Å²) >= 11 is -0.238. The summed E-state index contributed by atoms with van der Waals surface area (Å²) in [6.07, 6.45) is 21.8. The molecular weight excluding hydrogens is 454 g/mol. The largest absolute Gasteiger partial charge is 1.00 e.